The lowest BCUT2D eigenvalue weighted by atomic mass is 10.2. The lowest BCUT2D eigenvalue weighted by molar-refractivity contribution is -0.113. The zero-order valence-corrected chi connectivity index (χ0v) is 21.7. The summed E-state index contributed by atoms with van der Waals surface area (Å²) in [5, 5.41) is 3.20. The highest BCUT2D eigenvalue weighted by Crippen LogP contribution is 2.35. The molecular formula is C25H23N5O7S. The van der Waals surface area contributed by atoms with E-state index in [9.17, 15) is 14.4 Å². The van der Waals surface area contributed by atoms with E-state index in [1.165, 1.54) is 32.9 Å². The highest BCUT2D eigenvalue weighted by molar-refractivity contribution is 8.00. The second-order valence-electron chi connectivity index (χ2n) is 8.23. The van der Waals surface area contributed by atoms with Gasteiger partial charge in [0.1, 0.15) is 10.4 Å². The number of fused-ring (bicyclic) bond motifs is 2. The predicted molar refractivity (Wildman–Crippen MR) is 140 cm³/mol. The molecule has 1 aliphatic rings. The van der Waals surface area contributed by atoms with Crippen molar-refractivity contribution in [1.82, 2.24) is 19.1 Å². The minimum Gasteiger partial charge on any atom is -0.493 e. The Hall–Kier alpha value is -4.52. The van der Waals surface area contributed by atoms with E-state index in [-0.39, 0.29) is 40.3 Å². The van der Waals surface area contributed by atoms with E-state index < -0.39 is 11.2 Å². The monoisotopic (exact) mass is 537 g/mol. The van der Waals surface area contributed by atoms with Crippen molar-refractivity contribution < 1.29 is 23.7 Å². The number of hydrogen-bond acceptors (Lipinski definition) is 10. The second kappa shape index (κ2) is 10.1. The van der Waals surface area contributed by atoms with Crippen molar-refractivity contribution >= 4 is 34.4 Å². The third-order valence-corrected chi connectivity index (χ3v) is 6.88. The third kappa shape index (κ3) is 4.52. The van der Waals surface area contributed by atoms with Crippen molar-refractivity contribution in [2.24, 2.45) is 14.1 Å². The van der Waals surface area contributed by atoms with Crippen LogP contribution in [0.25, 0.3) is 22.4 Å². The van der Waals surface area contributed by atoms with E-state index >= 15 is 0 Å². The first-order valence-electron chi connectivity index (χ1n) is 11.3. The Kier molecular flexibility index (Phi) is 6.68. The Bertz CT molecular complexity index is 1700. The van der Waals surface area contributed by atoms with Crippen LogP contribution in [0.1, 0.15) is 0 Å². The van der Waals surface area contributed by atoms with Crippen LogP contribution in [0.2, 0.25) is 0 Å². The number of thioether (sulfide) groups is 1. The number of nitrogens with one attached hydrogen (secondary N) is 1. The molecule has 0 saturated heterocycles. The minimum atomic E-state index is -0.555. The van der Waals surface area contributed by atoms with E-state index in [2.05, 4.69) is 15.3 Å². The molecule has 0 unspecified atom stereocenters. The number of carbonyl (C=O) groups is 1. The fourth-order valence-electron chi connectivity index (χ4n) is 3.94. The molecule has 2 aromatic carbocycles. The molecule has 0 atom stereocenters. The molecule has 1 aliphatic heterocycles. The largest absolute Gasteiger partial charge is 0.493 e. The van der Waals surface area contributed by atoms with Crippen LogP contribution >= 0.6 is 11.8 Å². The Morgan fingerprint density at radius 2 is 1.76 bits per heavy atom. The summed E-state index contributed by atoms with van der Waals surface area (Å²) in [7, 11) is 5.94. The molecule has 5 rings (SSSR count). The van der Waals surface area contributed by atoms with E-state index in [1.807, 2.05) is 0 Å². The maximum absolute atomic E-state index is 13.1. The molecule has 13 heteroatoms. The SMILES string of the molecule is COc1ccc(-c2nc(SCC(=O)Nc3ccc4c(c3)OCO4)c3c(=O)n(C)c(=O)n(C)c3n2)cc1OC. The van der Waals surface area contributed by atoms with Crippen LogP contribution in [0.5, 0.6) is 23.0 Å². The average molecular weight is 538 g/mol. The number of rotatable bonds is 7. The van der Waals surface area contributed by atoms with Gasteiger partial charge in [-0.15, -0.1) is 0 Å². The fraction of sp³-hybridized carbons (Fsp3) is 0.240. The van der Waals surface area contributed by atoms with Gasteiger partial charge in [-0.2, -0.15) is 0 Å². The molecule has 0 saturated carbocycles. The number of ether oxygens (including phenoxy) is 4. The van der Waals surface area contributed by atoms with Gasteiger partial charge in [0, 0.05) is 31.4 Å². The maximum Gasteiger partial charge on any atom is 0.332 e. The summed E-state index contributed by atoms with van der Waals surface area (Å²) < 4.78 is 23.6. The predicted octanol–water partition coefficient (Wildman–Crippen LogP) is 2.17. The first kappa shape index (κ1) is 25.1. The summed E-state index contributed by atoms with van der Waals surface area (Å²) in [5.41, 5.74) is 0.175. The van der Waals surface area contributed by atoms with Crippen LogP contribution in [0.4, 0.5) is 5.69 Å². The van der Waals surface area contributed by atoms with Crippen LogP contribution in [-0.2, 0) is 18.9 Å². The molecule has 0 spiro atoms. The highest BCUT2D eigenvalue weighted by Gasteiger charge is 2.20. The summed E-state index contributed by atoms with van der Waals surface area (Å²) in [5.74, 6) is 2.00. The first-order valence-corrected chi connectivity index (χ1v) is 12.3. The number of hydrogen-bond donors (Lipinski definition) is 1. The number of anilines is 1. The summed E-state index contributed by atoms with van der Waals surface area (Å²) in [6, 6.07) is 10.2. The van der Waals surface area contributed by atoms with E-state index in [4.69, 9.17) is 18.9 Å². The molecule has 38 heavy (non-hydrogen) atoms. The standard InChI is InChI=1S/C25H23N5O7S/c1-29-22-20(24(32)30(2)25(29)33)23(28-21(27-22)13-5-7-15(34-3)17(9-13)35-4)38-11-19(31)26-14-6-8-16-18(10-14)37-12-36-16/h5-10H,11-12H2,1-4H3,(H,26,31). The normalized spacial score (nSPS) is 12.0. The Morgan fingerprint density at radius 1 is 1.00 bits per heavy atom. The van der Waals surface area contributed by atoms with Gasteiger partial charge in [0.25, 0.3) is 5.56 Å². The first-order chi connectivity index (χ1) is 18.3. The fourth-order valence-corrected chi connectivity index (χ4v) is 4.76. The molecule has 4 aromatic rings. The van der Waals surface area contributed by atoms with Gasteiger partial charge in [0.05, 0.1) is 20.0 Å². The van der Waals surface area contributed by atoms with Crippen molar-refractivity contribution in [2.75, 3.05) is 32.1 Å². The quantitative estimate of drug-likeness (QED) is 0.276. The highest BCUT2D eigenvalue weighted by atomic mass is 32.2. The molecule has 0 bridgehead atoms. The van der Waals surface area contributed by atoms with Gasteiger partial charge < -0.3 is 24.3 Å². The number of methoxy groups -OCH3 is 2. The van der Waals surface area contributed by atoms with Gasteiger partial charge in [-0.1, -0.05) is 11.8 Å². The van der Waals surface area contributed by atoms with Crippen LogP contribution in [0.15, 0.2) is 51.0 Å². The maximum atomic E-state index is 13.1. The molecule has 1 N–H and O–H groups in total. The average Bonchev–Trinajstić information content (AvgIpc) is 3.41. The summed E-state index contributed by atoms with van der Waals surface area (Å²) in [4.78, 5) is 47.7. The number of aromatic nitrogens is 4. The lowest BCUT2D eigenvalue weighted by Crippen LogP contribution is -2.37. The molecule has 0 fully saturated rings. The third-order valence-electron chi connectivity index (χ3n) is 5.90. The van der Waals surface area contributed by atoms with Gasteiger partial charge in [-0.05, 0) is 30.3 Å². The van der Waals surface area contributed by atoms with E-state index in [0.717, 1.165) is 16.3 Å². The molecule has 0 radical (unpaired) electrons. The van der Waals surface area contributed by atoms with E-state index in [0.29, 0.717) is 34.2 Å². The summed E-state index contributed by atoms with van der Waals surface area (Å²) in [6.45, 7) is 0.128. The molecule has 1 amide bonds. The van der Waals surface area contributed by atoms with Crippen LogP contribution in [-0.4, -0.2) is 51.8 Å². The zero-order valence-electron chi connectivity index (χ0n) is 20.9. The van der Waals surface area contributed by atoms with Crippen molar-refractivity contribution in [1.29, 1.82) is 0 Å². The Balaban J connectivity index is 1.52. The Labute approximate surface area is 220 Å². The summed E-state index contributed by atoms with van der Waals surface area (Å²) in [6.07, 6.45) is 0. The Morgan fingerprint density at radius 3 is 2.53 bits per heavy atom. The number of nitrogens with zero attached hydrogens (tertiary/aromatic N) is 4. The van der Waals surface area contributed by atoms with Gasteiger partial charge in [-0.25, -0.2) is 14.8 Å². The number of amides is 1. The van der Waals surface area contributed by atoms with Crippen molar-refractivity contribution in [3.63, 3.8) is 0 Å². The van der Waals surface area contributed by atoms with Gasteiger partial charge >= 0.3 is 5.69 Å². The molecular weight excluding hydrogens is 514 g/mol. The second-order valence-corrected chi connectivity index (χ2v) is 9.20. The van der Waals surface area contributed by atoms with Crippen LogP contribution < -0.4 is 35.5 Å². The smallest absolute Gasteiger partial charge is 0.332 e. The van der Waals surface area contributed by atoms with Gasteiger partial charge in [0.2, 0.25) is 12.7 Å². The molecule has 12 nitrogen and oxygen atoms in total. The van der Waals surface area contributed by atoms with Gasteiger partial charge in [0.15, 0.2) is 34.5 Å². The molecule has 196 valence electrons. The lowest BCUT2D eigenvalue weighted by Gasteiger charge is -2.13. The minimum absolute atomic E-state index is 0.0576. The zero-order chi connectivity index (χ0) is 27.0. The summed E-state index contributed by atoms with van der Waals surface area (Å²) >= 11 is 1.06. The molecule has 2 aromatic heterocycles. The van der Waals surface area contributed by atoms with Crippen molar-refractivity contribution in [2.45, 2.75) is 5.03 Å². The van der Waals surface area contributed by atoms with E-state index in [1.54, 1.807) is 36.4 Å². The van der Waals surface area contributed by atoms with Crippen LogP contribution in [0, 0.1) is 0 Å². The number of carbonyl (C=O) groups excluding carboxylic acids is 1. The molecule has 0 aliphatic carbocycles. The van der Waals surface area contributed by atoms with Crippen molar-refractivity contribution in [3.8, 4) is 34.4 Å². The number of benzene rings is 2. The van der Waals surface area contributed by atoms with Crippen LogP contribution in [0.3, 0.4) is 0 Å². The van der Waals surface area contributed by atoms with Crippen molar-refractivity contribution in [3.05, 3.63) is 57.2 Å². The number of aryl methyl sites for hydroxylation is 1. The van der Waals surface area contributed by atoms with Gasteiger partial charge in [-0.3, -0.25) is 18.7 Å². The topological polar surface area (TPSA) is 136 Å². The molecule has 3 heterocycles.